The highest BCUT2D eigenvalue weighted by molar-refractivity contribution is 6.35. The second-order valence-corrected chi connectivity index (χ2v) is 7.36. The second-order valence-electron chi connectivity index (χ2n) is 6.08. The highest BCUT2D eigenvalue weighted by atomic mass is 35.5. The van der Waals surface area contributed by atoms with E-state index in [0.29, 0.717) is 32.2 Å². The number of ether oxygens (including phenoxy) is 1. The second kappa shape index (κ2) is 8.41. The molecule has 146 valence electrons. The lowest BCUT2D eigenvalue weighted by Gasteiger charge is -2.11. The number of methoxy groups -OCH3 is 1. The molecule has 3 aromatic rings. The summed E-state index contributed by atoms with van der Waals surface area (Å²) in [4.78, 5) is 12.7. The molecule has 0 bridgehead atoms. The first-order valence-corrected chi connectivity index (χ1v) is 9.32. The minimum atomic E-state index is -0.416. The molecular formula is C19H17Cl3N4O2. The highest BCUT2D eigenvalue weighted by Gasteiger charge is 2.27. The number of rotatable bonds is 5. The van der Waals surface area contributed by atoms with Crippen LogP contribution in [0.2, 0.25) is 15.1 Å². The Kier molecular flexibility index (Phi) is 6.15. The molecule has 3 rings (SSSR count). The number of nitrogens with one attached hydrogen (secondary N) is 1. The number of nitrogens with zero attached hydrogens (tertiary/aromatic N) is 3. The first kappa shape index (κ1) is 20.5. The smallest absolute Gasteiger partial charge is 0.289 e. The molecule has 28 heavy (non-hydrogen) atoms. The van der Waals surface area contributed by atoms with E-state index in [4.69, 9.17) is 39.5 Å². The van der Waals surface area contributed by atoms with E-state index in [-0.39, 0.29) is 5.69 Å². The average molecular weight is 440 g/mol. The molecule has 0 aliphatic rings. The highest BCUT2D eigenvalue weighted by Crippen LogP contribution is 2.37. The third kappa shape index (κ3) is 4.10. The number of hydrogen-bond donors (Lipinski definition) is 1. The van der Waals surface area contributed by atoms with Gasteiger partial charge in [0.2, 0.25) is 0 Å². The number of hydrazine groups is 1. The summed E-state index contributed by atoms with van der Waals surface area (Å²) in [5.41, 5.74) is 4.66. The van der Waals surface area contributed by atoms with Crippen LogP contribution in [0.5, 0.6) is 5.75 Å². The van der Waals surface area contributed by atoms with E-state index >= 15 is 0 Å². The summed E-state index contributed by atoms with van der Waals surface area (Å²) in [6.45, 7) is 0. The number of hydrogen-bond acceptors (Lipinski definition) is 4. The molecule has 0 saturated heterocycles. The fraction of sp³-hybridized carbons (Fsp3) is 0.158. The van der Waals surface area contributed by atoms with Gasteiger partial charge >= 0.3 is 0 Å². The van der Waals surface area contributed by atoms with Crippen LogP contribution >= 0.6 is 34.8 Å². The Balaban J connectivity index is 2.28. The van der Waals surface area contributed by atoms with Crippen molar-refractivity contribution in [2.45, 2.75) is 0 Å². The number of amides is 1. The van der Waals surface area contributed by atoms with Gasteiger partial charge in [0.25, 0.3) is 5.91 Å². The van der Waals surface area contributed by atoms with Crippen molar-refractivity contribution in [1.29, 1.82) is 0 Å². The minimum absolute atomic E-state index is 0.118. The van der Waals surface area contributed by atoms with E-state index in [1.165, 1.54) is 12.1 Å². The number of aromatic nitrogens is 2. The standard InChI is InChI=1S/C19H17Cl3N4O2/c1-25(2)24-19(27)16-18(28-3)17(11-4-6-12(20)7-5-11)26(23-16)15-9-8-13(21)10-14(15)22/h4-10H,1-3H3,(H,24,27). The van der Waals surface area contributed by atoms with Crippen LogP contribution in [0.25, 0.3) is 16.9 Å². The molecule has 9 heteroatoms. The number of carbonyl (C=O) groups is 1. The van der Waals surface area contributed by atoms with E-state index < -0.39 is 5.91 Å². The molecular weight excluding hydrogens is 423 g/mol. The van der Waals surface area contributed by atoms with Crippen LogP contribution in [0.3, 0.4) is 0 Å². The maximum absolute atomic E-state index is 12.7. The predicted molar refractivity (Wildman–Crippen MR) is 112 cm³/mol. The van der Waals surface area contributed by atoms with E-state index in [9.17, 15) is 4.79 Å². The molecule has 0 unspecified atom stereocenters. The molecule has 1 amide bonds. The van der Waals surface area contributed by atoms with Crippen LogP contribution < -0.4 is 10.2 Å². The molecule has 0 saturated carbocycles. The molecule has 6 nitrogen and oxygen atoms in total. The summed E-state index contributed by atoms with van der Waals surface area (Å²) >= 11 is 18.5. The zero-order chi connectivity index (χ0) is 20.4. The molecule has 1 aromatic heterocycles. The monoisotopic (exact) mass is 438 g/mol. The van der Waals surface area contributed by atoms with Crippen LogP contribution in [0.4, 0.5) is 0 Å². The van der Waals surface area contributed by atoms with E-state index in [2.05, 4.69) is 10.5 Å². The summed E-state index contributed by atoms with van der Waals surface area (Å²) in [6, 6.07) is 12.2. The molecule has 0 spiro atoms. The zero-order valence-electron chi connectivity index (χ0n) is 15.3. The van der Waals surface area contributed by atoms with E-state index in [1.54, 1.807) is 49.1 Å². The maximum Gasteiger partial charge on any atom is 0.289 e. The third-order valence-electron chi connectivity index (χ3n) is 3.84. The lowest BCUT2D eigenvalue weighted by Crippen LogP contribution is -2.36. The quantitative estimate of drug-likeness (QED) is 0.585. The van der Waals surface area contributed by atoms with Crippen molar-refractivity contribution >= 4 is 40.7 Å². The Hall–Kier alpha value is -2.25. The number of carbonyl (C=O) groups excluding carboxylic acids is 1. The lowest BCUT2D eigenvalue weighted by molar-refractivity contribution is 0.0848. The predicted octanol–water partition coefficient (Wildman–Crippen LogP) is 4.71. The van der Waals surface area contributed by atoms with Gasteiger partial charge < -0.3 is 4.74 Å². The van der Waals surface area contributed by atoms with Crippen LogP contribution in [-0.2, 0) is 0 Å². The number of benzene rings is 2. The molecule has 0 radical (unpaired) electrons. The van der Waals surface area contributed by atoms with Crippen molar-refractivity contribution in [2.75, 3.05) is 21.2 Å². The Morgan fingerprint density at radius 3 is 2.29 bits per heavy atom. The first-order chi connectivity index (χ1) is 13.3. The summed E-state index contributed by atoms with van der Waals surface area (Å²) in [5, 5.41) is 7.47. The molecule has 2 aromatic carbocycles. The zero-order valence-corrected chi connectivity index (χ0v) is 17.6. The van der Waals surface area contributed by atoms with Crippen LogP contribution in [-0.4, -0.2) is 41.9 Å². The van der Waals surface area contributed by atoms with Crippen molar-refractivity contribution < 1.29 is 9.53 Å². The molecule has 0 fully saturated rings. The summed E-state index contributed by atoms with van der Waals surface area (Å²) in [6.07, 6.45) is 0. The SMILES string of the molecule is COc1c(C(=O)NN(C)C)nn(-c2ccc(Cl)cc2Cl)c1-c1ccc(Cl)cc1. The lowest BCUT2D eigenvalue weighted by atomic mass is 10.1. The Morgan fingerprint density at radius 2 is 1.71 bits per heavy atom. The van der Waals surface area contributed by atoms with Crippen LogP contribution in [0.15, 0.2) is 42.5 Å². The van der Waals surface area contributed by atoms with E-state index in [1.807, 2.05) is 12.1 Å². The van der Waals surface area contributed by atoms with Crippen LogP contribution in [0.1, 0.15) is 10.5 Å². The topological polar surface area (TPSA) is 59.4 Å². The molecule has 0 aliphatic heterocycles. The normalized spacial score (nSPS) is 11.0. The van der Waals surface area contributed by atoms with Gasteiger partial charge in [-0.25, -0.2) is 9.69 Å². The molecule has 1 N–H and O–H groups in total. The largest absolute Gasteiger partial charge is 0.492 e. The van der Waals surface area contributed by atoms with Gasteiger partial charge in [-0.05, 0) is 30.3 Å². The van der Waals surface area contributed by atoms with Gasteiger partial charge in [-0.3, -0.25) is 10.2 Å². The summed E-state index contributed by atoms with van der Waals surface area (Å²) in [5.74, 6) is -0.103. The van der Waals surface area contributed by atoms with Gasteiger partial charge in [0, 0.05) is 29.7 Å². The molecule has 0 atom stereocenters. The van der Waals surface area contributed by atoms with Crippen molar-refractivity contribution in [3.63, 3.8) is 0 Å². The minimum Gasteiger partial charge on any atom is -0.492 e. The fourth-order valence-corrected chi connectivity index (χ4v) is 3.30. The van der Waals surface area contributed by atoms with Gasteiger partial charge in [0.1, 0.15) is 5.69 Å². The Bertz CT molecular complexity index is 1020. The van der Waals surface area contributed by atoms with Crippen molar-refractivity contribution in [3.05, 3.63) is 63.2 Å². The Morgan fingerprint density at radius 1 is 1.07 bits per heavy atom. The van der Waals surface area contributed by atoms with Gasteiger partial charge in [0.15, 0.2) is 11.4 Å². The number of halogens is 3. The molecule has 1 heterocycles. The van der Waals surface area contributed by atoms with Gasteiger partial charge in [-0.15, -0.1) is 0 Å². The average Bonchev–Trinajstić information content (AvgIpc) is 3.01. The molecule has 0 aliphatic carbocycles. The summed E-state index contributed by atoms with van der Waals surface area (Å²) in [7, 11) is 4.89. The van der Waals surface area contributed by atoms with E-state index in [0.717, 1.165) is 5.56 Å². The van der Waals surface area contributed by atoms with Crippen LogP contribution in [0, 0.1) is 0 Å². The maximum atomic E-state index is 12.7. The van der Waals surface area contributed by atoms with Crippen molar-refractivity contribution in [2.24, 2.45) is 0 Å². The Labute approximate surface area is 177 Å². The third-order valence-corrected chi connectivity index (χ3v) is 4.63. The van der Waals surface area contributed by atoms with Crippen molar-refractivity contribution in [3.8, 4) is 22.7 Å². The summed E-state index contributed by atoms with van der Waals surface area (Å²) < 4.78 is 7.13. The van der Waals surface area contributed by atoms with Gasteiger partial charge in [0.05, 0.1) is 17.8 Å². The first-order valence-electron chi connectivity index (χ1n) is 8.18. The van der Waals surface area contributed by atoms with Gasteiger partial charge in [-0.1, -0.05) is 46.9 Å². The van der Waals surface area contributed by atoms with Crippen molar-refractivity contribution in [1.82, 2.24) is 20.2 Å². The fourth-order valence-electron chi connectivity index (χ4n) is 2.69. The van der Waals surface area contributed by atoms with Gasteiger partial charge in [-0.2, -0.15) is 5.10 Å².